The third-order valence-corrected chi connectivity index (χ3v) is 4.15. The van der Waals surface area contributed by atoms with Crippen LogP contribution in [0.25, 0.3) is 0 Å². The number of morpholine rings is 1. The Morgan fingerprint density at radius 2 is 2.12 bits per heavy atom. The molecule has 2 heterocycles. The molecule has 1 aliphatic heterocycles. The summed E-state index contributed by atoms with van der Waals surface area (Å²) in [4.78, 5) is 21.2. The van der Waals surface area contributed by atoms with Crippen molar-refractivity contribution in [3.63, 3.8) is 0 Å². The van der Waals surface area contributed by atoms with Gasteiger partial charge in [0, 0.05) is 6.54 Å². The fourth-order valence-electron chi connectivity index (χ4n) is 2.98. The monoisotopic (exact) mass is 329 g/mol. The number of rotatable bonds is 4. The standard InChI is InChI=1S/C17H23N5O2/c1-12-18-16(20-19-12)14-11-22(9-10-24-14)17(23)15(21(2)3)13-7-5-4-6-8-13/h4-8,14-15H,9-11H2,1-3H3,(H,18,19,20)/t14-,15+/m1/s1. The van der Waals surface area contributed by atoms with Crippen LogP contribution in [0, 0.1) is 6.92 Å². The molecule has 0 aliphatic carbocycles. The van der Waals surface area contributed by atoms with Crippen LogP contribution in [-0.4, -0.2) is 64.7 Å². The molecule has 0 saturated carbocycles. The number of hydrogen-bond acceptors (Lipinski definition) is 5. The predicted molar refractivity (Wildman–Crippen MR) is 89.3 cm³/mol. The van der Waals surface area contributed by atoms with Crippen molar-refractivity contribution in [3.05, 3.63) is 47.5 Å². The van der Waals surface area contributed by atoms with Gasteiger partial charge in [-0.3, -0.25) is 14.8 Å². The van der Waals surface area contributed by atoms with E-state index in [2.05, 4.69) is 15.2 Å². The van der Waals surface area contributed by atoms with Crippen LogP contribution in [-0.2, 0) is 9.53 Å². The highest BCUT2D eigenvalue weighted by atomic mass is 16.5. The normalized spacial score (nSPS) is 19.5. The third-order valence-electron chi connectivity index (χ3n) is 4.15. The number of aromatic amines is 1. The van der Waals surface area contributed by atoms with Gasteiger partial charge < -0.3 is 9.64 Å². The second kappa shape index (κ2) is 7.11. The van der Waals surface area contributed by atoms with E-state index in [1.165, 1.54) is 0 Å². The van der Waals surface area contributed by atoms with E-state index in [1.807, 2.05) is 61.2 Å². The van der Waals surface area contributed by atoms with E-state index < -0.39 is 0 Å². The van der Waals surface area contributed by atoms with E-state index in [4.69, 9.17) is 4.74 Å². The molecule has 2 aromatic rings. The third kappa shape index (κ3) is 3.47. The van der Waals surface area contributed by atoms with Gasteiger partial charge in [-0.25, -0.2) is 4.98 Å². The molecule has 1 saturated heterocycles. The number of carbonyl (C=O) groups excluding carboxylic acids is 1. The number of likely N-dealkylation sites (N-methyl/N-ethyl adjacent to an activating group) is 1. The Morgan fingerprint density at radius 1 is 1.38 bits per heavy atom. The number of nitrogens with one attached hydrogen (secondary N) is 1. The molecule has 1 amide bonds. The number of benzene rings is 1. The summed E-state index contributed by atoms with van der Waals surface area (Å²) >= 11 is 0. The number of hydrogen-bond donors (Lipinski definition) is 1. The molecule has 0 unspecified atom stereocenters. The Labute approximate surface area is 141 Å². The highest BCUT2D eigenvalue weighted by Crippen LogP contribution is 2.25. The lowest BCUT2D eigenvalue weighted by Gasteiger charge is -2.35. The van der Waals surface area contributed by atoms with E-state index in [9.17, 15) is 4.79 Å². The van der Waals surface area contributed by atoms with Crippen molar-refractivity contribution in [2.45, 2.75) is 19.1 Å². The van der Waals surface area contributed by atoms with Crippen LogP contribution in [0.2, 0.25) is 0 Å². The summed E-state index contributed by atoms with van der Waals surface area (Å²) in [5.41, 5.74) is 0.990. The summed E-state index contributed by atoms with van der Waals surface area (Å²) in [5, 5.41) is 6.99. The lowest BCUT2D eigenvalue weighted by atomic mass is 10.0. The molecule has 1 aliphatic rings. The summed E-state index contributed by atoms with van der Waals surface area (Å²) in [6.45, 7) is 3.38. The van der Waals surface area contributed by atoms with E-state index in [0.29, 0.717) is 25.5 Å². The fraction of sp³-hybridized carbons (Fsp3) is 0.471. The lowest BCUT2D eigenvalue weighted by Crippen LogP contribution is -2.47. The molecule has 0 bridgehead atoms. The zero-order valence-corrected chi connectivity index (χ0v) is 14.3. The molecule has 7 heteroatoms. The van der Waals surface area contributed by atoms with Crippen molar-refractivity contribution in [3.8, 4) is 0 Å². The first-order chi connectivity index (χ1) is 11.6. The second-order valence-electron chi connectivity index (χ2n) is 6.20. The average molecular weight is 329 g/mol. The van der Waals surface area contributed by atoms with Crippen LogP contribution in [0.1, 0.15) is 29.4 Å². The van der Waals surface area contributed by atoms with Crippen LogP contribution in [0.3, 0.4) is 0 Å². The van der Waals surface area contributed by atoms with Gasteiger partial charge in [0.05, 0.1) is 13.2 Å². The fourth-order valence-corrected chi connectivity index (χ4v) is 2.98. The van der Waals surface area contributed by atoms with E-state index in [1.54, 1.807) is 0 Å². The minimum atomic E-state index is -0.307. The predicted octanol–water partition coefficient (Wildman–Crippen LogP) is 1.32. The summed E-state index contributed by atoms with van der Waals surface area (Å²) in [6.07, 6.45) is -0.286. The largest absolute Gasteiger partial charge is 0.366 e. The van der Waals surface area contributed by atoms with Gasteiger partial charge in [0.2, 0.25) is 5.91 Å². The lowest BCUT2D eigenvalue weighted by molar-refractivity contribution is -0.144. The van der Waals surface area contributed by atoms with Crippen molar-refractivity contribution in [2.75, 3.05) is 33.8 Å². The Kier molecular flexibility index (Phi) is 4.92. The first kappa shape index (κ1) is 16.6. The maximum atomic E-state index is 13.1. The maximum Gasteiger partial charge on any atom is 0.244 e. The SMILES string of the molecule is Cc1nc([C@H]2CN(C(=O)[C@H](c3ccccc3)N(C)C)CCO2)n[nH]1. The van der Waals surface area contributed by atoms with Gasteiger partial charge in [-0.15, -0.1) is 0 Å². The van der Waals surface area contributed by atoms with Gasteiger partial charge in [-0.1, -0.05) is 30.3 Å². The average Bonchev–Trinajstić information content (AvgIpc) is 3.02. The number of aromatic nitrogens is 3. The molecule has 128 valence electrons. The van der Waals surface area contributed by atoms with Gasteiger partial charge in [-0.05, 0) is 26.6 Å². The molecule has 24 heavy (non-hydrogen) atoms. The number of carbonyl (C=O) groups is 1. The van der Waals surface area contributed by atoms with Crippen molar-refractivity contribution in [1.29, 1.82) is 0 Å². The molecule has 0 radical (unpaired) electrons. The van der Waals surface area contributed by atoms with Gasteiger partial charge >= 0.3 is 0 Å². The Hall–Kier alpha value is -2.25. The molecule has 0 spiro atoms. The van der Waals surface area contributed by atoms with Crippen molar-refractivity contribution in [2.24, 2.45) is 0 Å². The highest BCUT2D eigenvalue weighted by Gasteiger charge is 2.33. The highest BCUT2D eigenvalue weighted by molar-refractivity contribution is 5.83. The summed E-state index contributed by atoms with van der Waals surface area (Å²) in [7, 11) is 3.85. The molecule has 3 rings (SSSR count). The molecular weight excluding hydrogens is 306 g/mol. The number of H-pyrrole nitrogens is 1. The number of nitrogens with zero attached hydrogens (tertiary/aromatic N) is 4. The van der Waals surface area contributed by atoms with Crippen LogP contribution < -0.4 is 0 Å². The molecule has 1 aromatic carbocycles. The number of aryl methyl sites for hydroxylation is 1. The Morgan fingerprint density at radius 3 is 2.75 bits per heavy atom. The molecule has 7 nitrogen and oxygen atoms in total. The van der Waals surface area contributed by atoms with Crippen molar-refractivity contribution < 1.29 is 9.53 Å². The van der Waals surface area contributed by atoms with Crippen molar-refractivity contribution >= 4 is 5.91 Å². The van der Waals surface area contributed by atoms with Gasteiger partial charge in [0.15, 0.2) is 5.82 Å². The van der Waals surface area contributed by atoms with Crippen LogP contribution in [0.4, 0.5) is 0 Å². The minimum absolute atomic E-state index is 0.0757. The van der Waals surface area contributed by atoms with E-state index in [0.717, 1.165) is 11.4 Å². The van der Waals surface area contributed by atoms with Gasteiger partial charge in [0.1, 0.15) is 18.0 Å². The van der Waals surface area contributed by atoms with Gasteiger partial charge in [0.25, 0.3) is 0 Å². The second-order valence-corrected chi connectivity index (χ2v) is 6.20. The van der Waals surface area contributed by atoms with E-state index in [-0.39, 0.29) is 18.1 Å². The minimum Gasteiger partial charge on any atom is -0.366 e. The molecule has 1 fully saturated rings. The van der Waals surface area contributed by atoms with Crippen LogP contribution >= 0.6 is 0 Å². The topological polar surface area (TPSA) is 74.3 Å². The Balaban J connectivity index is 1.77. The van der Waals surface area contributed by atoms with Crippen molar-refractivity contribution in [1.82, 2.24) is 25.0 Å². The van der Waals surface area contributed by atoms with Crippen LogP contribution in [0.15, 0.2) is 30.3 Å². The first-order valence-electron chi connectivity index (χ1n) is 8.07. The zero-order chi connectivity index (χ0) is 17.1. The smallest absolute Gasteiger partial charge is 0.244 e. The van der Waals surface area contributed by atoms with Gasteiger partial charge in [-0.2, -0.15) is 5.10 Å². The van der Waals surface area contributed by atoms with E-state index >= 15 is 0 Å². The maximum absolute atomic E-state index is 13.1. The van der Waals surface area contributed by atoms with Crippen LogP contribution in [0.5, 0.6) is 0 Å². The molecular formula is C17H23N5O2. The number of amides is 1. The molecule has 1 aromatic heterocycles. The zero-order valence-electron chi connectivity index (χ0n) is 14.3. The summed E-state index contributed by atoms with van der Waals surface area (Å²) in [6, 6.07) is 9.53. The molecule has 2 atom stereocenters. The number of ether oxygens (including phenoxy) is 1. The first-order valence-corrected chi connectivity index (χ1v) is 8.07. The summed E-state index contributed by atoms with van der Waals surface area (Å²) < 4.78 is 5.75. The summed E-state index contributed by atoms with van der Waals surface area (Å²) in [5.74, 6) is 1.42. The quantitative estimate of drug-likeness (QED) is 0.915. The molecule has 1 N–H and O–H groups in total. The Bertz CT molecular complexity index is 685.